The molecule has 4 aromatic rings. The molecule has 0 spiro atoms. The Morgan fingerprint density at radius 1 is 0.795 bits per heavy atom. The summed E-state index contributed by atoms with van der Waals surface area (Å²) in [7, 11) is 6.27. The van der Waals surface area contributed by atoms with Gasteiger partial charge in [0.1, 0.15) is 28.6 Å². The quantitative estimate of drug-likeness (QED) is 0.209. The fourth-order valence-corrected chi connectivity index (χ4v) is 5.41. The van der Waals surface area contributed by atoms with Crippen molar-refractivity contribution in [1.82, 2.24) is 0 Å². The van der Waals surface area contributed by atoms with E-state index < -0.39 is 16.7 Å². The average molecular weight is 531 g/mol. The van der Waals surface area contributed by atoms with Gasteiger partial charge in [-0.05, 0) is 30.4 Å². The summed E-state index contributed by atoms with van der Waals surface area (Å²) < 4.78 is 33.9. The van der Waals surface area contributed by atoms with Gasteiger partial charge in [0.25, 0.3) is 0 Å². The fraction of sp³-hybridized carbons (Fsp3) is 0.290. The molecule has 0 aliphatic heterocycles. The molecule has 202 valence electrons. The van der Waals surface area contributed by atoms with E-state index in [2.05, 4.69) is 25.2 Å². The van der Waals surface area contributed by atoms with Crippen molar-refractivity contribution in [3.63, 3.8) is 0 Å². The molecule has 1 aliphatic rings. The summed E-state index contributed by atoms with van der Waals surface area (Å²) in [6.45, 7) is 2.14. The summed E-state index contributed by atoms with van der Waals surface area (Å²) in [6, 6.07) is 9.73. The normalized spacial score (nSPS) is 19.1. The number of hydrogen-bond donors (Lipinski definition) is 0. The van der Waals surface area contributed by atoms with Gasteiger partial charge in [0.05, 0.1) is 44.8 Å². The van der Waals surface area contributed by atoms with Crippen LogP contribution in [0.4, 0.5) is 0 Å². The van der Waals surface area contributed by atoms with Crippen LogP contribution >= 0.6 is 0 Å². The van der Waals surface area contributed by atoms with E-state index >= 15 is 0 Å². The Labute approximate surface area is 225 Å². The van der Waals surface area contributed by atoms with Crippen LogP contribution in [0.3, 0.4) is 0 Å². The zero-order valence-corrected chi connectivity index (χ0v) is 22.5. The molecular weight excluding hydrogens is 500 g/mol. The van der Waals surface area contributed by atoms with Crippen LogP contribution in [0.1, 0.15) is 36.8 Å². The van der Waals surface area contributed by atoms with E-state index in [1.165, 1.54) is 12.1 Å². The van der Waals surface area contributed by atoms with E-state index in [9.17, 15) is 9.59 Å². The van der Waals surface area contributed by atoms with Crippen LogP contribution in [-0.4, -0.2) is 28.4 Å². The monoisotopic (exact) mass is 530 g/mol. The summed E-state index contributed by atoms with van der Waals surface area (Å²) in [5, 5.41) is 1.34. The summed E-state index contributed by atoms with van der Waals surface area (Å²) in [4.78, 5) is 24.5. The lowest BCUT2D eigenvalue weighted by Crippen LogP contribution is -2.25. The van der Waals surface area contributed by atoms with Crippen molar-refractivity contribution >= 4 is 28.0 Å². The van der Waals surface area contributed by atoms with Gasteiger partial charge >= 0.3 is 11.3 Å². The molecular formula is C31H30O8. The first-order valence-electron chi connectivity index (χ1n) is 12.6. The lowest BCUT2D eigenvalue weighted by molar-refractivity contribution is 0.325. The Kier molecular flexibility index (Phi) is 6.95. The Morgan fingerprint density at radius 2 is 1.36 bits per heavy atom. The maximum atomic E-state index is 12.3. The molecule has 1 aliphatic carbocycles. The minimum Gasteiger partial charge on any atom is -0.496 e. The van der Waals surface area contributed by atoms with Crippen LogP contribution in [0.2, 0.25) is 0 Å². The maximum absolute atomic E-state index is 12.3. The molecule has 39 heavy (non-hydrogen) atoms. The van der Waals surface area contributed by atoms with Gasteiger partial charge in [0.2, 0.25) is 0 Å². The van der Waals surface area contributed by atoms with E-state index in [-0.39, 0.29) is 5.92 Å². The Bertz CT molecular complexity index is 1730. The minimum atomic E-state index is -0.471. The molecule has 2 atom stereocenters. The molecule has 2 aromatic heterocycles. The van der Waals surface area contributed by atoms with Gasteiger partial charge < -0.3 is 27.8 Å². The molecule has 2 unspecified atom stereocenters. The van der Waals surface area contributed by atoms with Crippen molar-refractivity contribution in [2.45, 2.75) is 25.7 Å². The van der Waals surface area contributed by atoms with Crippen LogP contribution in [0.5, 0.6) is 23.0 Å². The fourth-order valence-electron chi connectivity index (χ4n) is 5.41. The van der Waals surface area contributed by atoms with Crippen molar-refractivity contribution in [2.75, 3.05) is 28.4 Å². The second-order valence-electron chi connectivity index (χ2n) is 9.67. The third-order valence-electron chi connectivity index (χ3n) is 7.45. The van der Waals surface area contributed by atoms with E-state index in [1.54, 1.807) is 46.6 Å². The number of benzene rings is 2. The molecule has 0 radical (unpaired) electrons. The van der Waals surface area contributed by atoms with E-state index in [0.717, 1.165) is 18.4 Å². The van der Waals surface area contributed by atoms with Gasteiger partial charge in [-0.15, -0.1) is 0 Å². The molecule has 0 amide bonds. The second-order valence-corrected chi connectivity index (χ2v) is 9.67. The van der Waals surface area contributed by atoms with Gasteiger partial charge in [0.15, 0.2) is 5.58 Å². The number of rotatable bonds is 7. The standard InChI is InChI=1S/C31H30O8/c1-31(15-13-20-23(35-3)16-22(34-2)18-9-11-26(32)38-29(18)20)14-7-6-8-21(31)28-25(37-5)17-24(36-4)19-10-12-27(33)39-30(19)28/h6,8-13,15-17,21H,7,14H2,1-5H3/b15-13+. The average Bonchev–Trinajstić information content (AvgIpc) is 2.94. The first-order valence-corrected chi connectivity index (χ1v) is 12.6. The molecule has 2 aromatic carbocycles. The molecule has 8 nitrogen and oxygen atoms in total. The number of methoxy groups -OCH3 is 4. The third-order valence-corrected chi connectivity index (χ3v) is 7.45. The summed E-state index contributed by atoms with van der Waals surface area (Å²) in [6.07, 6.45) is 9.91. The van der Waals surface area contributed by atoms with E-state index in [4.69, 9.17) is 27.8 Å². The summed E-state index contributed by atoms with van der Waals surface area (Å²) in [5.41, 5.74) is 0.811. The van der Waals surface area contributed by atoms with E-state index in [1.807, 2.05) is 12.1 Å². The van der Waals surface area contributed by atoms with Gasteiger partial charge in [-0.3, -0.25) is 0 Å². The summed E-state index contributed by atoms with van der Waals surface area (Å²) >= 11 is 0. The Morgan fingerprint density at radius 3 is 1.97 bits per heavy atom. The summed E-state index contributed by atoms with van der Waals surface area (Å²) in [5.74, 6) is 1.95. The smallest absolute Gasteiger partial charge is 0.336 e. The highest BCUT2D eigenvalue weighted by Crippen LogP contribution is 2.51. The first-order chi connectivity index (χ1) is 18.8. The van der Waals surface area contributed by atoms with Gasteiger partial charge in [0, 0.05) is 35.7 Å². The first kappa shape index (κ1) is 26.2. The predicted molar refractivity (Wildman–Crippen MR) is 149 cm³/mol. The minimum absolute atomic E-state index is 0.209. The van der Waals surface area contributed by atoms with Crippen LogP contribution < -0.4 is 30.2 Å². The van der Waals surface area contributed by atoms with Crippen molar-refractivity contribution in [3.05, 3.63) is 86.6 Å². The molecule has 0 bridgehead atoms. The maximum Gasteiger partial charge on any atom is 0.336 e. The van der Waals surface area contributed by atoms with Crippen LogP contribution in [0.15, 0.2) is 73.0 Å². The van der Waals surface area contributed by atoms with Crippen molar-refractivity contribution in [2.24, 2.45) is 5.41 Å². The SMILES string of the molecule is COc1cc(OC)c2ccc(=O)oc2c1/C=C/C1(C)CCC=CC1c1c(OC)cc(OC)c2ccc(=O)oc12. The lowest BCUT2D eigenvalue weighted by Gasteiger charge is -2.37. The number of ether oxygens (including phenoxy) is 4. The largest absolute Gasteiger partial charge is 0.496 e. The van der Waals surface area contributed by atoms with E-state index in [0.29, 0.717) is 50.5 Å². The predicted octanol–water partition coefficient (Wildman–Crippen LogP) is 6.09. The molecule has 0 saturated heterocycles. The van der Waals surface area contributed by atoms with Crippen LogP contribution in [-0.2, 0) is 0 Å². The highest BCUT2D eigenvalue weighted by atomic mass is 16.5. The van der Waals surface area contributed by atoms with Crippen molar-refractivity contribution in [1.29, 1.82) is 0 Å². The second kappa shape index (κ2) is 10.4. The highest BCUT2D eigenvalue weighted by Gasteiger charge is 2.37. The molecule has 5 rings (SSSR count). The van der Waals surface area contributed by atoms with Gasteiger partial charge in [-0.25, -0.2) is 9.59 Å². The molecule has 0 saturated carbocycles. The van der Waals surface area contributed by atoms with Crippen molar-refractivity contribution < 1.29 is 27.8 Å². The van der Waals surface area contributed by atoms with Gasteiger partial charge in [-0.2, -0.15) is 0 Å². The number of hydrogen-bond acceptors (Lipinski definition) is 8. The molecule has 0 fully saturated rings. The van der Waals surface area contributed by atoms with Gasteiger partial charge in [-0.1, -0.05) is 31.2 Å². The van der Waals surface area contributed by atoms with Crippen LogP contribution in [0, 0.1) is 5.41 Å². The third kappa shape index (κ3) is 4.56. The zero-order valence-electron chi connectivity index (χ0n) is 22.5. The zero-order chi connectivity index (χ0) is 27.7. The lowest BCUT2D eigenvalue weighted by atomic mass is 9.67. The molecule has 0 N–H and O–H groups in total. The van der Waals surface area contributed by atoms with Crippen LogP contribution in [0.25, 0.3) is 28.0 Å². The molecule has 2 heterocycles. The molecule has 8 heteroatoms. The Balaban J connectivity index is 1.72. The topological polar surface area (TPSA) is 97.3 Å². The Hall–Kier alpha value is -4.46. The highest BCUT2D eigenvalue weighted by molar-refractivity contribution is 5.93. The number of fused-ring (bicyclic) bond motifs is 2. The van der Waals surface area contributed by atoms with Crippen molar-refractivity contribution in [3.8, 4) is 23.0 Å². The number of allylic oxidation sites excluding steroid dienone is 3.